The van der Waals surface area contributed by atoms with Gasteiger partial charge in [0.1, 0.15) is 0 Å². The molecule has 4 heteroatoms. The smallest absolute Gasteiger partial charge is 0.0511 e. The van der Waals surface area contributed by atoms with Crippen LogP contribution in [0.2, 0.25) is 0 Å². The van der Waals surface area contributed by atoms with E-state index in [2.05, 4.69) is 58.2 Å². The van der Waals surface area contributed by atoms with E-state index in [0.717, 1.165) is 19.6 Å². The summed E-state index contributed by atoms with van der Waals surface area (Å²) >= 11 is 5.77. The highest BCUT2D eigenvalue weighted by molar-refractivity contribution is 9.10. The van der Waals surface area contributed by atoms with Crippen LogP contribution in [0.5, 0.6) is 0 Å². The Morgan fingerprint density at radius 2 is 2.11 bits per heavy atom. The molecule has 1 aromatic rings. The fraction of sp³-hybridized carbons (Fsp3) is 0.571. The van der Waals surface area contributed by atoms with Gasteiger partial charge in [0.05, 0.1) is 5.69 Å². The van der Waals surface area contributed by atoms with Gasteiger partial charge in [0.15, 0.2) is 0 Å². The molecule has 1 aliphatic rings. The van der Waals surface area contributed by atoms with Gasteiger partial charge in [-0.1, -0.05) is 13.0 Å². The first-order valence-corrected chi connectivity index (χ1v) is 8.52. The maximum absolute atomic E-state index is 3.73. The van der Waals surface area contributed by atoms with Gasteiger partial charge in [0, 0.05) is 35.1 Å². The molecule has 0 aromatic heterocycles. The monoisotopic (exact) mass is 328 g/mol. The molecule has 18 heavy (non-hydrogen) atoms. The highest BCUT2D eigenvalue weighted by Gasteiger charge is 2.15. The second-order valence-corrected chi connectivity index (χ2v) is 6.67. The predicted octanol–water partition coefficient (Wildman–Crippen LogP) is 3.67. The first-order chi connectivity index (χ1) is 8.72. The summed E-state index contributed by atoms with van der Waals surface area (Å²) in [5.41, 5.74) is 2.68. The van der Waals surface area contributed by atoms with Gasteiger partial charge in [-0.05, 0) is 47.1 Å². The second-order valence-electron chi connectivity index (χ2n) is 4.59. The van der Waals surface area contributed by atoms with Crippen LogP contribution in [0.25, 0.3) is 0 Å². The van der Waals surface area contributed by atoms with Crippen LogP contribution in [0.3, 0.4) is 0 Å². The van der Waals surface area contributed by atoms with Gasteiger partial charge in [-0.25, -0.2) is 0 Å². The molecular weight excluding hydrogens is 308 g/mol. The Kier molecular flexibility index (Phi) is 5.39. The van der Waals surface area contributed by atoms with E-state index in [0.29, 0.717) is 6.04 Å². The molecule has 100 valence electrons. The number of benzene rings is 1. The van der Waals surface area contributed by atoms with Crippen LogP contribution in [-0.4, -0.2) is 31.1 Å². The molecule has 1 aliphatic heterocycles. The van der Waals surface area contributed by atoms with Crippen molar-refractivity contribution in [2.24, 2.45) is 0 Å². The van der Waals surface area contributed by atoms with Crippen LogP contribution in [0.1, 0.15) is 25.5 Å². The Morgan fingerprint density at radius 3 is 2.72 bits per heavy atom. The molecule has 0 saturated carbocycles. The summed E-state index contributed by atoms with van der Waals surface area (Å²) in [5, 5.41) is 3.45. The van der Waals surface area contributed by atoms with Crippen molar-refractivity contribution in [3.8, 4) is 0 Å². The lowest BCUT2D eigenvalue weighted by atomic mass is 10.1. The third kappa shape index (κ3) is 3.43. The predicted molar refractivity (Wildman–Crippen MR) is 85.8 cm³/mol. The third-order valence-electron chi connectivity index (χ3n) is 3.33. The molecule has 2 rings (SSSR count). The second kappa shape index (κ2) is 6.83. The zero-order chi connectivity index (χ0) is 13.0. The molecule has 1 fully saturated rings. The Labute approximate surface area is 123 Å². The first kappa shape index (κ1) is 14.2. The van der Waals surface area contributed by atoms with Crippen molar-refractivity contribution in [3.63, 3.8) is 0 Å². The molecule has 0 aliphatic carbocycles. The average Bonchev–Trinajstić information content (AvgIpc) is 2.40. The number of anilines is 1. The summed E-state index contributed by atoms with van der Waals surface area (Å²) in [6, 6.07) is 7.17. The molecule has 0 amide bonds. The molecule has 1 unspecified atom stereocenters. The Hall–Kier alpha value is -0.190. The Balaban J connectivity index is 2.13. The number of hydrogen-bond acceptors (Lipinski definition) is 3. The van der Waals surface area contributed by atoms with Crippen molar-refractivity contribution in [2.75, 3.05) is 36.0 Å². The SMILES string of the molecule is CCNC(C)c1ccc(N2CCSCC2)c(Br)c1. The van der Waals surface area contributed by atoms with E-state index in [4.69, 9.17) is 0 Å². The van der Waals surface area contributed by atoms with Crippen LogP contribution in [0, 0.1) is 0 Å². The summed E-state index contributed by atoms with van der Waals surface area (Å²) in [5.74, 6) is 2.48. The van der Waals surface area contributed by atoms with Gasteiger partial charge in [-0.15, -0.1) is 0 Å². The Bertz CT molecular complexity index is 391. The van der Waals surface area contributed by atoms with Crippen molar-refractivity contribution >= 4 is 33.4 Å². The van der Waals surface area contributed by atoms with Gasteiger partial charge in [0.25, 0.3) is 0 Å². The lowest BCUT2D eigenvalue weighted by Crippen LogP contribution is -2.32. The molecule has 1 N–H and O–H groups in total. The number of halogens is 1. The standard InChI is InChI=1S/C14H21BrN2S/c1-3-16-11(2)12-4-5-14(13(15)10-12)17-6-8-18-9-7-17/h4-5,10-11,16H,3,6-9H2,1-2H3. The van der Waals surface area contributed by atoms with Crippen LogP contribution >= 0.6 is 27.7 Å². The fourth-order valence-corrected chi connectivity index (χ4v) is 3.83. The molecule has 1 aromatic carbocycles. The molecule has 1 heterocycles. The summed E-state index contributed by atoms with van der Waals surface area (Å²) in [6.07, 6.45) is 0. The third-order valence-corrected chi connectivity index (χ3v) is 4.91. The molecule has 0 spiro atoms. The lowest BCUT2D eigenvalue weighted by molar-refractivity contribution is 0.598. The quantitative estimate of drug-likeness (QED) is 0.907. The van der Waals surface area contributed by atoms with E-state index in [-0.39, 0.29) is 0 Å². The molecule has 2 nitrogen and oxygen atoms in total. The maximum Gasteiger partial charge on any atom is 0.0511 e. The number of nitrogens with one attached hydrogen (secondary N) is 1. The average molecular weight is 329 g/mol. The summed E-state index contributed by atoms with van der Waals surface area (Å²) < 4.78 is 1.22. The minimum atomic E-state index is 0.414. The number of thioether (sulfide) groups is 1. The van der Waals surface area contributed by atoms with E-state index in [1.54, 1.807) is 0 Å². The Morgan fingerprint density at radius 1 is 1.39 bits per heavy atom. The summed E-state index contributed by atoms with van der Waals surface area (Å²) in [7, 11) is 0. The molecule has 0 bridgehead atoms. The molecule has 0 radical (unpaired) electrons. The van der Waals surface area contributed by atoms with Crippen molar-refractivity contribution in [2.45, 2.75) is 19.9 Å². The minimum absolute atomic E-state index is 0.414. The van der Waals surface area contributed by atoms with Crippen LogP contribution in [0.4, 0.5) is 5.69 Å². The van der Waals surface area contributed by atoms with Crippen LogP contribution < -0.4 is 10.2 Å². The lowest BCUT2D eigenvalue weighted by Gasteiger charge is -2.29. The molecule has 1 atom stereocenters. The van der Waals surface area contributed by atoms with Crippen molar-refractivity contribution in [3.05, 3.63) is 28.2 Å². The van der Waals surface area contributed by atoms with E-state index >= 15 is 0 Å². The molecular formula is C14H21BrN2S. The normalized spacial score (nSPS) is 17.8. The van der Waals surface area contributed by atoms with Gasteiger partial charge in [-0.2, -0.15) is 11.8 Å². The van der Waals surface area contributed by atoms with Crippen molar-refractivity contribution in [1.29, 1.82) is 0 Å². The highest BCUT2D eigenvalue weighted by atomic mass is 79.9. The van der Waals surface area contributed by atoms with Gasteiger partial charge in [0.2, 0.25) is 0 Å². The number of hydrogen-bond donors (Lipinski definition) is 1. The maximum atomic E-state index is 3.73. The minimum Gasteiger partial charge on any atom is -0.369 e. The van der Waals surface area contributed by atoms with Gasteiger partial charge in [-0.3, -0.25) is 0 Å². The summed E-state index contributed by atoms with van der Waals surface area (Å²) in [4.78, 5) is 2.47. The van der Waals surface area contributed by atoms with Crippen molar-refractivity contribution in [1.82, 2.24) is 5.32 Å². The number of nitrogens with zero attached hydrogens (tertiary/aromatic N) is 1. The number of rotatable bonds is 4. The highest BCUT2D eigenvalue weighted by Crippen LogP contribution is 2.30. The van der Waals surface area contributed by atoms with Crippen LogP contribution in [-0.2, 0) is 0 Å². The topological polar surface area (TPSA) is 15.3 Å². The zero-order valence-corrected chi connectivity index (χ0v) is 13.5. The van der Waals surface area contributed by atoms with Crippen LogP contribution in [0.15, 0.2) is 22.7 Å². The zero-order valence-electron chi connectivity index (χ0n) is 11.1. The molecule has 1 saturated heterocycles. The largest absolute Gasteiger partial charge is 0.369 e. The van der Waals surface area contributed by atoms with E-state index in [9.17, 15) is 0 Å². The van der Waals surface area contributed by atoms with E-state index in [1.807, 2.05) is 11.8 Å². The summed E-state index contributed by atoms with van der Waals surface area (Å²) in [6.45, 7) is 7.68. The van der Waals surface area contributed by atoms with Gasteiger partial charge < -0.3 is 10.2 Å². The first-order valence-electron chi connectivity index (χ1n) is 6.58. The van der Waals surface area contributed by atoms with Crippen molar-refractivity contribution < 1.29 is 0 Å². The fourth-order valence-electron chi connectivity index (χ4n) is 2.28. The van der Waals surface area contributed by atoms with E-state index < -0.39 is 0 Å². The van der Waals surface area contributed by atoms with Gasteiger partial charge >= 0.3 is 0 Å². The van der Waals surface area contributed by atoms with E-state index in [1.165, 1.54) is 27.2 Å².